The van der Waals surface area contributed by atoms with Crippen LogP contribution in [0.2, 0.25) is 0 Å². The lowest BCUT2D eigenvalue weighted by atomic mass is 10.0. The normalized spacial score (nSPS) is 20.9. The molecule has 2 heterocycles. The smallest absolute Gasteiger partial charge is 0.257 e. The van der Waals surface area contributed by atoms with Crippen molar-refractivity contribution in [3.63, 3.8) is 0 Å². The van der Waals surface area contributed by atoms with Crippen LogP contribution < -0.4 is 15.2 Å². The standard InChI is InChI=1S/C17H22N2O3/c1-6-19-10(3)11(4)22-15-7-12-13(8-14(15)19)18(5)17(21)9(2)16(12)20/h7-8,10-11,20H,6H2,1-5H3. The number of ether oxygens (including phenoxy) is 1. The predicted molar refractivity (Wildman–Crippen MR) is 88.2 cm³/mol. The highest BCUT2D eigenvalue weighted by atomic mass is 16.5. The summed E-state index contributed by atoms with van der Waals surface area (Å²) >= 11 is 0. The molecule has 22 heavy (non-hydrogen) atoms. The SMILES string of the molecule is CCN1c2cc3c(cc2OC(C)C1C)c(O)c(C)c(=O)n3C. The van der Waals surface area contributed by atoms with Gasteiger partial charge < -0.3 is 19.3 Å². The van der Waals surface area contributed by atoms with E-state index in [-0.39, 0.29) is 23.5 Å². The quantitative estimate of drug-likeness (QED) is 0.879. The van der Waals surface area contributed by atoms with Gasteiger partial charge in [0.25, 0.3) is 5.56 Å². The van der Waals surface area contributed by atoms with Gasteiger partial charge in [0.1, 0.15) is 17.6 Å². The zero-order valence-corrected chi connectivity index (χ0v) is 13.7. The number of fused-ring (bicyclic) bond motifs is 2. The molecule has 1 aromatic carbocycles. The van der Waals surface area contributed by atoms with Crippen LogP contribution in [0.5, 0.6) is 11.5 Å². The van der Waals surface area contributed by atoms with Gasteiger partial charge in [-0.05, 0) is 39.8 Å². The maximum Gasteiger partial charge on any atom is 0.257 e. The van der Waals surface area contributed by atoms with Crippen molar-refractivity contribution in [2.45, 2.75) is 39.8 Å². The van der Waals surface area contributed by atoms with E-state index < -0.39 is 0 Å². The van der Waals surface area contributed by atoms with Crippen molar-refractivity contribution in [3.05, 3.63) is 28.0 Å². The lowest BCUT2D eigenvalue weighted by molar-refractivity contribution is 0.177. The molecule has 0 amide bonds. The summed E-state index contributed by atoms with van der Waals surface area (Å²) in [4.78, 5) is 14.5. The number of hydrogen-bond acceptors (Lipinski definition) is 4. The summed E-state index contributed by atoms with van der Waals surface area (Å²) in [5, 5.41) is 11.0. The number of benzene rings is 1. The van der Waals surface area contributed by atoms with Crippen molar-refractivity contribution >= 4 is 16.6 Å². The first kappa shape index (κ1) is 14.8. The number of nitrogens with zero attached hydrogens (tertiary/aromatic N) is 2. The molecule has 0 fully saturated rings. The number of aryl methyl sites for hydroxylation is 1. The fraction of sp³-hybridized carbons (Fsp3) is 0.471. The summed E-state index contributed by atoms with van der Waals surface area (Å²) in [5.74, 6) is 0.798. The molecule has 2 atom stereocenters. The number of hydrogen-bond donors (Lipinski definition) is 1. The number of aromatic nitrogens is 1. The van der Waals surface area contributed by atoms with Crippen LogP contribution in [-0.2, 0) is 7.05 Å². The zero-order chi connectivity index (χ0) is 16.2. The molecule has 0 bridgehead atoms. The van der Waals surface area contributed by atoms with E-state index in [1.807, 2.05) is 19.1 Å². The van der Waals surface area contributed by atoms with Gasteiger partial charge in [-0.25, -0.2) is 0 Å². The van der Waals surface area contributed by atoms with Crippen LogP contribution in [0.25, 0.3) is 10.9 Å². The lowest BCUT2D eigenvalue weighted by Gasteiger charge is -2.40. The van der Waals surface area contributed by atoms with Crippen molar-refractivity contribution in [1.29, 1.82) is 0 Å². The Kier molecular flexibility index (Phi) is 3.31. The molecule has 0 spiro atoms. The summed E-state index contributed by atoms with van der Waals surface area (Å²) in [6, 6.07) is 4.04. The Morgan fingerprint density at radius 2 is 2.00 bits per heavy atom. The molecule has 0 aliphatic carbocycles. The number of rotatable bonds is 1. The first-order valence-electron chi connectivity index (χ1n) is 7.66. The second-order valence-corrected chi connectivity index (χ2v) is 6.02. The Hall–Kier alpha value is -2.17. The molecule has 2 unspecified atom stereocenters. The van der Waals surface area contributed by atoms with Crippen LogP contribution in [0.4, 0.5) is 5.69 Å². The van der Waals surface area contributed by atoms with E-state index in [9.17, 15) is 9.90 Å². The van der Waals surface area contributed by atoms with Gasteiger partial charge in [0, 0.05) is 19.0 Å². The third-order valence-corrected chi connectivity index (χ3v) is 4.81. The first-order valence-corrected chi connectivity index (χ1v) is 7.66. The van der Waals surface area contributed by atoms with Gasteiger partial charge in [-0.3, -0.25) is 4.79 Å². The van der Waals surface area contributed by atoms with Crippen molar-refractivity contribution < 1.29 is 9.84 Å². The zero-order valence-electron chi connectivity index (χ0n) is 13.7. The summed E-state index contributed by atoms with van der Waals surface area (Å²) < 4.78 is 7.59. The molecule has 5 heteroatoms. The second kappa shape index (κ2) is 4.93. The van der Waals surface area contributed by atoms with Gasteiger partial charge >= 0.3 is 0 Å². The molecule has 1 N–H and O–H groups in total. The fourth-order valence-corrected chi connectivity index (χ4v) is 3.24. The minimum Gasteiger partial charge on any atom is -0.507 e. The van der Waals surface area contributed by atoms with Crippen molar-refractivity contribution in [2.75, 3.05) is 11.4 Å². The Morgan fingerprint density at radius 3 is 2.64 bits per heavy atom. The van der Waals surface area contributed by atoms with E-state index in [0.717, 1.165) is 23.5 Å². The van der Waals surface area contributed by atoms with Crippen molar-refractivity contribution in [2.24, 2.45) is 7.05 Å². The van der Waals surface area contributed by atoms with Crippen LogP contribution >= 0.6 is 0 Å². The number of pyridine rings is 1. The molecule has 0 saturated carbocycles. The van der Waals surface area contributed by atoms with E-state index in [1.165, 1.54) is 0 Å². The Morgan fingerprint density at radius 1 is 1.32 bits per heavy atom. The molecule has 3 rings (SSSR count). The maximum atomic E-state index is 12.2. The van der Waals surface area contributed by atoms with Gasteiger partial charge in [0.15, 0.2) is 0 Å². The average molecular weight is 302 g/mol. The number of aromatic hydroxyl groups is 1. The van der Waals surface area contributed by atoms with E-state index in [4.69, 9.17) is 4.74 Å². The van der Waals surface area contributed by atoms with Crippen molar-refractivity contribution in [3.8, 4) is 11.5 Å². The summed E-state index contributed by atoms with van der Waals surface area (Å²) in [5.41, 5.74) is 1.88. The first-order chi connectivity index (χ1) is 10.4. The fourth-order valence-electron chi connectivity index (χ4n) is 3.24. The summed E-state index contributed by atoms with van der Waals surface area (Å²) in [6.45, 7) is 8.78. The third kappa shape index (κ3) is 1.88. The Balaban J connectivity index is 2.37. The van der Waals surface area contributed by atoms with E-state index in [2.05, 4.69) is 18.7 Å². The van der Waals surface area contributed by atoms with Gasteiger partial charge in [0.2, 0.25) is 0 Å². The molecule has 1 aliphatic rings. The minimum absolute atomic E-state index is 0.0406. The molecular weight excluding hydrogens is 280 g/mol. The van der Waals surface area contributed by atoms with Gasteiger partial charge in [-0.2, -0.15) is 0 Å². The molecule has 2 aromatic rings. The van der Waals surface area contributed by atoms with Gasteiger partial charge in [-0.1, -0.05) is 0 Å². The topological polar surface area (TPSA) is 54.7 Å². The average Bonchev–Trinajstić information content (AvgIpc) is 2.51. The number of likely N-dealkylation sites (N-methyl/N-ethyl adjacent to an activating group) is 1. The molecule has 1 aromatic heterocycles. The van der Waals surface area contributed by atoms with Crippen molar-refractivity contribution in [1.82, 2.24) is 4.57 Å². The Bertz CT molecular complexity index is 810. The van der Waals surface area contributed by atoms with E-state index in [0.29, 0.717) is 10.9 Å². The van der Waals surface area contributed by atoms with E-state index >= 15 is 0 Å². The summed E-state index contributed by atoms with van der Waals surface area (Å²) in [7, 11) is 1.73. The second-order valence-electron chi connectivity index (χ2n) is 6.02. The predicted octanol–water partition coefficient (Wildman–Crippen LogP) is 2.55. The largest absolute Gasteiger partial charge is 0.507 e. The highest BCUT2D eigenvalue weighted by molar-refractivity contribution is 5.92. The third-order valence-electron chi connectivity index (χ3n) is 4.81. The highest BCUT2D eigenvalue weighted by Gasteiger charge is 2.30. The summed E-state index contributed by atoms with van der Waals surface area (Å²) in [6.07, 6.45) is 0.0701. The monoisotopic (exact) mass is 302 g/mol. The van der Waals surface area contributed by atoms with Crippen LogP contribution in [0.3, 0.4) is 0 Å². The van der Waals surface area contributed by atoms with E-state index in [1.54, 1.807) is 18.5 Å². The minimum atomic E-state index is -0.175. The molecule has 1 aliphatic heterocycles. The highest BCUT2D eigenvalue weighted by Crippen LogP contribution is 2.41. The lowest BCUT2D eigenvalue weighted by Crippen LogP contribution is -2.46. The molecule has 0 saturated heterocycles. The van der Waals surface area contributed by atoms with Gasteiger partial charge in [0.05, 0.1) is 22.8 Å². The number of anilines is 1. The molecular formula is C17H22N2O3. The van der Waals surface area contributed by atoms with Crippen LogP contribution in [0.15, 0.2) is 16.9 Å². The van der Waals surface area contributed by atoms with Gasteiger partial charge in [-0.15, -0.1) is 0 Å². The molecule has 0 radical (unpaired) electrons. The molecule has 118 valence electrons. The van der Waals surface area contributed by atoms with Crippen LogP contribution in [-0.4, -0.2) is 28.4 Å². The van der Waals surface area contributed by atoms with Crippen LogP contribution in [0, 0.1) is 6.92 Å². The molecule has 5 nitrogen and oxygen atoms in total. The maximum absolute atomic E-state index is 12.2. The Labute approximate surface area is 129 Å². The van der Waals surface area contributed by atoms with Crippen LogP contribution in [0.1, 0.15) is 26.3 Å².